The van der Waals surface area contributed by atoms with Crippen LogP contribution in [0.1, 0.15) is 19.1 Å². The molecule has 0 aliphatic carbocycles. The van der Waals surface area contributed by atoms with Gasteiger partial charge in [0.2, 0.25) is 0 Å². The Balaban J connectivity index is 1.20. The second kappa shape index (κ2) is 12.3. The van der Waals surface area contributed by atoms with Crippen LogP contribution in [-0.2, 0) is 6.54 Å². The van der Waals surface area contributed by atoms with Crippen LogP contribution in [0.4, 0.5) is 18.9 Å². The topological polar surface area (TPSA) is 54.2 Å². The van der Waals surface area contributed by atoms with Gasteiger partial charge in [-0.05, 0) is 74.6 Å². The Morgan fingerprint density at radius 3 is 2.27 bits per heavy atom. The molecular formula is C27H33F3N4O3. The summed E-state index contributed by atoms with van der Waals surface area (Å²) in [6.45, 7) is 9.70. The second-order valence-corrected chi connectivity index (χ2v) is 9.00. The van der Waals surface area contributed by atoms with Crippen molar-refractivity contribution >= 4 is 5.69 Å². The van der Waals surface area contributed by atoms with E-state index in [4.69, 9.17) is 9.26 Å². The SMILES string of the molecule is CCN(CCCN1CCN(c2ccc(OC)cc2)CC1)Cc1cc(-c2ccc(OC(F)(F)F)cc2)no1. The van der Waals surface area contributed by atoms with Gasteiger partial charge in [-0.3, -0.25) is 9.80 Å². The first-order valence-electron chi connectivity index (χ1n) is 12.5. The Bertz CT molecular complexity index is 1100. The number of rotatable bonds is 11. The lowest BCUT2D eigenvalue weighted by molar-refractivity contribution is -0.274. The normalized spacial score (nSPS) is 14.8. The molecule has 1 aliphatic heterocycles. The maximum Gasteiger partial charge on any atom is 0.573 e. The highest BCUT2D eigenvalue weighted by Crippen LogP contribution is 2.27. The van der Waals surface area contributed by atoms with Gasteiger partial charge in [-0.25, -0.2) is 0 Å². The summed E-state index contributed by atoms with van der Waals surface area (Å²) in [6, 6.07) is 15.7. The van der Waals surface area contributed by atoms with Crippen molar-refractivity contribution in [2.45, 2.75) is 26.3 Å². The van der Waals surface area contributed by atoms with Gasteiger partial charge < -0.3 is 18.9 Å². The van der Waals surface area contributed by atoms with Crippen molar-refractivity contribution in [3.8, 4) is 22.8 Å². The molecule has 7 nitrogen and oxygen atoms in total. The van der Waals surface area contributed by atoms with Crippen LogP contribution < -0.4 is 14.4 Å². The van der Waals surface area contributed by atoms with Gasteiger partial charge in [0.1, 0.15) is 17.2 Å². The van der Waals surface area contributed by atoms with Crippen molar-refractivity contribution in [2.24, 2.45) is 0 Å². The zero-order valence-electron chi connectivity index (χ0n) is 21.2. The number of nitrogens with zero attached hydrogens (tertiary/aromatic N) is 4. The van der Waals surface area contributed by atoms with Gasteiger partial charge in [-0.2, -0.15) is 0 Å². The smallest absolute Gasteiger partial charge is 0.497 e. The van der Waals surface area contributed by atoms with Crippen LogP contribution in [0.2, 0.25) is 0 Å². The standard InChI is InChI=1S/C27H33F3N4O3/c1-3-32(13-4-14-33-15-17-34(18-16-33)22-7-11-23(35-2)12-8-22)20-25-19-26(31-37-25)21-5-9-24(10-6-21)36-27(28,29)30/h5-12,19H,3-4,13-18,20H2,1-2H3. The van der Waals surface area contributed by atoms with Gasteiger partial charge in [0, 0.05) is 43.5 Å². The van der Waals surface area contributed by atoms with Crippen molar-refractivity contribution in [1.29, 1.82) is 0 Å². The van der Waals surface area contributed by atoms with Crippen LogP contribution in [0.5, 0.6) is 11.5 Å². The number of ether oxygens (including phenoxy) is 2. The molecule has 0 saturated carbocycles. The molecule has 37 heavy (non-hydrogen) atoms. The monoisotopic (exact) mass is 518 g/mol. The predicted molar refractivity (Wildman–Crippen MR) is 136 cm³/mol. The summed E-state index contributed by atoms with van der Waals surface area (Å²) < 4.78 is 51.7. The minimum Gasteiger partial charge on any atom is -0.497 e. The summed E-state index contributed by atoms with van der Waals surface area (Å²) in [5.41, 5.74) is 2.48. The zero-order valence-corrected chi connectivity index (χ0v) is 21.2. The first-order chi connectivity index (χ1) is 17.8. The predicted octanol–water partition coefficient (Wildman–Crippen LogP) is 5.28. The lowest BCUT2D eigenvalue weighted by Crippen LogP contribution is -2.47. The number of hydrogen-bond acceptors (Lipinski definition) is 7. The number of benzene rings is 2. The van der Waals surface area contributed by atoms with Crippen molar-refractivity contribution in [1.82, 2.24) is 15.0 Å². The van der Waals surface area contributed by atoms with Crippen molar-refractivity contribution in [2.75, 3.05) is 57.8 Å². The van der Waals surface area contributed by atoms with E-state index in [9.17, 15) is 13.2 Å². The number of alkyl halides is 3. The summed E-state index contributed by atoms with van der Waals surface area (Å²) in [6.07, 6.45) is -3.66. The third-order valence-corrected chi connectivity index (χ3v) is 6.53. The molecule has 0 unspecified atom stereocenters. The molecule has 1 aliphatic rings. The summed E-state index contributed by atoms with van der Waals surface area (Å²) >= 11 is 0. The van der Waals surface area contributed by atoms with E-state index in [0.29, 0.717) is 17.8 Å². The summed E-state index contributed by atoms with van der Waals surface area (Å²) in [5.74, 6) is 1.33. The van der Waals surface area contributed by atoms with Crippen molar-refractivity contribution < 1.29 is 27.2 Å². The van der Waals surface area contributed by atoms with Gasteiger partial charge >= 0.3 is 6.36 Å². The Morgan fingerprint density at radius 1 is 0.973 bits per heavy atom. The Kier molecular flexibility index (Phi) is 8.94. The lowest BCUT2D eigenvalue weighted by Gasteiger charge is -2.36. The molecule has 0 spiro atoms. The summed E-state index contributed by atoms with van der Waals surface area (Å²) in [7, 11) is 1.68. The molecule has 200 valence electrons. The minimum atomic E-state index is -4.71. The molecule has 0 bridgehead atoms. The van der Waals surface area contributed by atoms with E-state index in [1.807, 2.05) is 18.2 Å². The van der Waals surface area contributed by atoms with E-state index in [2.05, 4.69) is 43.6 Å². The van der Waals surface area contributed by atoms with Gasteiger partial charge in [0.15, 0.2) is 5.76 Å². The fourth-order valence-corrected chi connectivity index (χ4v) is 4.46. The molecule has 3 aromatic rings. The first kappa shape index (κ1) is 26.8. The van der Waals surface area contributed by atoms with Gasteiger partial charge in [-0.15, -0.1) is 13.2 Å². The second-order valence-electron chi connectivity index (χ2n) is 9.00. The average molecular weight is 519 g/mol. The maximum absolute atomic E-state index is 12.4. The molecule has 2 aromatic carbocycles. The number of piperazine rings is 1. The van der Waals surface area contributed by atoms with E-state index in [-0.39, 0.29) is 5.75 Å². The molecule has 10 heteroatoms. The van der Waals surface area contributed by atoms with Crippen LogP contribution >= 0.6 is 0 Å². The van der Waals surface area contributed by atoms with E-state index < -0.39 is 6.36 Å². The van der Waals surface area contributed by atoms with Gasteiger partial charge in [0.05, 0.1) is 13.7 Å². The zero-order chi connectivity index (χ0) is 26.3. The maximum atomic E-state index is 12.4. The number of aromatic nitrogens is 1. The Morgan fingerprint density at radius 2 is 1.65 bits per heavy atom. The number of halogens is 3. The molecular weight excluding hydrogens is 485 g/mol. The highest BCUT2D eigenvalue weighted by atomic mass is 19.4. The lowest BCUT2D eigenvalue weighted by atomic mass is 10.1. The van der Waals surface area contributed by atoms with E-state index in [0.717, 1.165) is 63.7 Å². The first-order valence-corrected chi connectivity index (χ1v) is 12.5. The van der Waals surface area contributed by atoms with Crippen LogP contribution in [0.15, 0.2) is 59.1 Å². The average Bonchev–Trinajstić information content (AvgIpc) is 3.36. The van der Waals surface area contributed by atoms with Gasteiger partial charge in [-0.1, -0.05) is 12.1 Å². The molecule has 1 fully saturated rings. The van der Waals surface area contributed by atoms with Crippen LogP contribution in [0.3, 0.4) is 0 Å². The fourth-order valence-electron chi connectivity index (χ4n) is 4.46. The minimum absolute atomic E-state index is 0.265. The summed E-state index contributed by atoms with van der Waals surface area (Å²) in [4.78, 5) is 7.22. The number of methoxy groups -OCH3 is 1. The molecule has 0 amide bonds. The third kappa shape index (κ3) is 7.87. The third-order valence-electron chi connectivity index (χ3n) is 6.53. The van der Waals surface area contributed by atoms with E-state index >= 15 is 0 Å². The molecule has 0 N–H and O–H groups in total. The molecule has 2 heterocycles. The number of anilines is 1. The number of hydrogen-bond donors (Lipinski definition) is 0. The summed E-state index contributed by atoms with van der Waals surface area (Å²) in [5, 5.41) is 4.09. The van der Waals surface area contributed by atoms with E-state index in [1.165, 1.54) is 30.0 Å². The molecule has 1 saturated heterocycles. The molecule has 0 radical (unpaired) electrons. The van der Waals surface area contributed by atoms with Gasteiger partial charge in [0.25, 0.3) is 0 Å². The molecule has 0 atom stereocenters. The molecule has 4 rings (SSSR count). The highest BCUT2D eigenvalue weighted by molar-refractivity contribution is 5.59. The quantitative estimate of drug-likeness (QED) is 0.342. The molecule has 1 aromatic heterocycles. The van der Waals surface area contributed by atoms with Crippen LogP contribution in [-0.4, -0.2) is 74.2 Å². The Hall–Kier alpha value is -3.24. The van der Waals surface area contributed by atoms with E-state index in [1.54, 1.807) is 7.11 Å². The van der Waals surface area contributed by atoms with Crippen LogP contribution in [0, 0.1) is 0 Å². The largest absolute Gasteiger partial charge is 0.573 e. The van der Waals surface area contributed by atoms with Crippen molar-refractivity contribution in [3.63, 3.8) is 0 Å². The fraction of sp³-hybridized carbons (Fsp3) is 0.444. The van der Waals surface area contributed by atoms with Crippen molar-refractivity contribution in [3.05, 3.63) is 60.4 Å². The highest BCUT2D eigenvalue weighted by Gasteiger charge is 2.31. The van der Waals surface area contributed by atoms with Crippen LogP contribution in [0.25, 0.3) is 11.3 Å². The Labute approximate surface area is 215 Å².